The third kappa shape index (κ3) is 4.63. The largest absolute Gasteiger partial charge is 0.330 e. The Hall–Kier alpha value is -0.0800. The normalized spacial score (nSPS) is 14.5. The smallest absolute Gasteiger partial charge is 0.00386 e. The first-order valence-corrected chi connectivity index (χ1v) is 5.47. The molecule has 0 aliphatic heterocycles. The highest BCUT2D eigenvalue weighted by Gasteiger charge is 2.16. The highest BCUT2D eigenvalue weighted by atomic mass is 15.1. The molecule has 0 saturated carbocycles. The van der Waals surface area contributed by atoms with Crippen LogP contribution < -0.4 is 5.73 Å². The highest BCUT2D eigenvalue weighted by molar-refractivity contribution is 4.71. The van der Waals surface area contributed by atoms with Gasteiger partial charge < -0.3 is 10.6 Å². The Morgan fingerprint density at radius 2 is 1.69 bits per heavy atom. The van der Waals surface area contributed by atoms with E-state index in [4.69, 9.17) is 5.73 Å². The van der Waals surface area contributed by atoms with Crippen LogP contribution in [0.1, 0.15) is 34.6 Å². The van der Waals surface area contributed by atoms with E-state index in [-0.39, 0.29) is 0 Å². The minimum Gasteiger partial charge on any atom is -0.330 e. The van der Waals surface area contributed by atoms with Crippen LogP contribution in [0.2, 0.25) is 0 Å². The quantitative estimate of drug-likeness (QED) is 0.687. The van der Waals surface area contributed by atoms with Gasteiger partial charge in [0, 0.05) is 12.6 Å². The van der Waals surface area contributed by atoms with Crippen LogP contribution >= 0.6 is 0 Å². The summed E-state index contributed by atoms with van der Waals surface area (Å²) in [6.45, 7) is 14.3. The number of nitrogens with zero attached hydrogens (tertiary/aromatic N) is 1. The van der Waals surface area contributed by atoms with Crippen LogP contribution in [-0.2, 0) is 0 Å². The predicted molar refractivity (Wildman–Crippen MR) is 59.8 cm³/mol. The molecular formula is C11H26N2. The molecule has 1 atom stereocenters. The predicted octanol–water partition coefficient (Wildman–Crippen LogP) is 1.95. The lowest BCUT2D eigenvalue weighted by Gasteiger charge is -2.30. The van der Waals surface area contributed by atoms with Crippen LogP contribution in [0, 0.1) is 11.8 Å². The first-order valence-electron chi connectivity index (χ1n) is 5.47. The van der Waals surface area contributed by atoms with Crippen molar-refractivity contribution in [2.45, 2.75) is 40.7 Å². The number of hydrogen-bond acceptors (Lipinski definition) is 2. The van der Waals surface area contributed by atoms with E-state index in [2.05, 4.69) is 39.5 Å². The summed E-state index contributed by atoms with van der Waals surface area (Å²) in [6, 6.07) is 0.637. The Morgan fingerprint density at radius 3 is 1.92 bits per heavy atom. The Morgan fingerprint density at radius 1 is 1.15 bits per heavy atom. The zero-order valence-corrected chi connectivity index (χ0v) is 9.88. The molecule has 0 aliphatic carbocycles. The van der Waals surface area contributed by atoms with E-state index in [9.17, 15) is 0 Å². The van der Waals surface area contributed by atoms with Gasteiger partial charge in [0.1, 0.15) is 0 Å². The average molecular weight is 186 g/mol. The molecule has 0 spiro atoms. The van der Waals surface area contributed by atoms with E-state index in [1.54, 1.807) is 0 Å². The zero-order valence-electron chi connectivity index (χ0n) is 9.88. The molecule has 0 radical (unpaired) electrons. The second kappa shape index (κ2) is 6.39. The van der Waals surface area contributed by atoms with Crippen molar-refractivity contribution in [3.63, 3.8) is 0 Å². The first kappa shape index (κ1) is 12.9. The maximum Gasteiger partial charge on any atom is 0.00386 e. The molecular weight excluding hydrogens is 160 g/mol. The van der Waals surface area contributed by atoms with Crippen LogP contribution in [0.5, 0.6) is 0 Å². The molecule has 0 aromatic heterocycles. The molecule has 0 heterocycles. The number of nitrogens with two attached hydrogens (primary N) is 1. The molecule has 0 saturated heterocycles. The van der Waals surface area contributed by atoms with Crippen molar-refractivity contribution >= 4 is 0 Å². The third-order valence-electron chi connectivity index (χ3n) is 2.85. The van der Waals surface area contributed by atoms with Gasteiger partial charge in [-0.15, -0.1) is 0 Å². The van der Waals surface area contributed by atoms with E-state index < -0.39 is 0 Å². The van der Waals surface area contributed by atoms with Gasteiger partial charge in [-0.25, -0.2) is 0 Å². The van der Waals surface area contributed by atoms with E-state index in [0.29, 0.717) is 17.9 Å². The van der Waals surface area contributed by atoms with E-state index in [1.165, 1.54) is 0 Å². The first-order chi connectivity index (χ1) is 6.02. The summed E-state index contributed by atoms with van der Waals surface area (Å²) in [6.07, 6.45) is 0. The molecule has 2 heteroatoms. The SMILES string of the molecule is CCN(CC(CN)C(C)C)C(C)C. The van der Waals surface area contributed by atoms with Crippen LogP contribution in [-0.4, -0.2) is 30.6 Å². The number of hydrogen-bond donors (Lipinski definition) is 1. The van der Waals surface area contributed by atoms with Gasteiger partial charge >= 0.3 is 0 Å². The second-order valence-corrected chi connectivity index (χ2v) is 4.42. The van der Waals surface area contributed by atoms with Crippen molar-refractivity contribution < 1.29 is 0 Å². The van der Waals surface area contributed by atoms with Crippen LogP contribution in [0.3, 0.4) is 0 Å². The van der Waals surface area contributed by atoms with Gasteiger partial charge in [0.15, 0.2) is 0 Å². The minimum atomic E-state index is 0.637. The summed E-state index contributed by atoms with van der Waals surface area (Å²) in [5.41, 5.74) is 5.75. The molecule has 2 N–H and O–H groups in total. The summed E-state index contributed by atoms with van der Waals surface area (Å²) in [5.74, 6) is 1.33. The molecule has 0 amide bonds. The van der Waals surface area contributed by atoms with Crippen molar-refractivity contribution in [2.24, 2.45) is 17.6 Å². The lowest BCUT2D eigenvalue weighted by atomic mass is 9.95. The van der Waals surface area contributed by atoms with Crippen LogP contribution in [0.25, 0.3) is 0 Å². The van der Waals surface area contributed by atoms with Gasteiger partial charge in [0.05, 0.1) is 0 Å². The minimum absolute atomic E-state index is 0.637. The standard InChI is InChI=1S/C11H26N2/c1-6-13(10(4)5)8-11(7-12)9(2)3/h9-11H,6-8,12H2,1-5H3. The Bertz CT molecular complexity index is 107. The summed E-state index contributed by atoms with van der Waals surface area (Å²) < 4.78 is 0. The summed E-state index contributed by atoms with van der Waals surface area (Å²) in [4.78, 5) is 2.48. The molecule has 1 unspecified atom stereocenters. The van der Waals surface area contributed by atoms with Crippen molar-refractivity contribution in [1.82, 2.24) is 4.90 Å². The molecule has 0 rings (SSSR count). The van der Waals surface area contributed by atoms with Crippen LogP contribution in [0.4, 0.5) is 0 Å². The van der Waals surface area contributed by atoms with Crippen molar-refractivity contribution in [2.75, 3.05) is 19.6 Å². The monoisotopic (exact) mass is 186 g/mol. The van der Waals surface area contributed by atoms with Crippen molar-refractivity contribution in [1.29, 1.82) is 0 Å². The average Bonchev–Trinajstić information content (AvgIpc) is 2.05. The molecule has 0 aromatic rings. The topological polar surface area (TPSA) is 29.3 Å². The van der Waals surface area contributed by atoms with Gasteiger partial charge in [-0.3, -0.25) is 0 Å². The molecule has 13 heavy (non-hydrogen) atoms. The molecule has 0 bridgehead atoms. The highest BCUT2D eigenvalue weighted by Crippen LogP contribution is 2.12. The van der Waals surface area contributed by atoms with Crippen molar-refractivity contribution in [3.05, 3.63) is 0 Å². The fraction of sp³-hybridized carbons (Fsp3) is 1.00. The summed E-state index contributed by atoms with van der Waals surface area (Å²) in [5, 5.41) is 0. The van der Waals surface area contributed by atoms with Gasteiger partial charge in [0.2, 0.25) is 0 Å². The van der Waals surface area contributed by atoms with E-state index in [1.807, 2.05) is 0 Å². The lowest BCUT2D eigenvalue weighted by Crippen LogP contribution is -2.39. The fourth-order valence-electron chi connectivity index (χ4n) is 1.56. The molecule has 80 valence electrons. The van der Waals surface area contributed by atoms with Gasteiger partial charge in [-0.2, -0.15) is 0 Å². The molecule has 0 fully saturated rings. The maximum atomic E-state index is 5.75. The second-order valence-electron chi connectivity index (χ2n) is 4.42. The number of rotatable bonds is 6. The Balaban J connectivity index is 4.03. The summed E-state index contributed by atoms with van der Waals surface area (Å²) >= 11 is 0. The maximum absolute atomic E-state index is 5.75. The van der Waals surface area contributed by atoms with Gasteiger partial charge in [0.25, 0.3) is 0 Å². The Labute approximate surface area is 83.5 Å². The van der Waals surface area contributed by atoms with Gasteiger partial charge in [-0.05, 0) is 38.8 Å². The molecule has 0 aliphatic rings. The Kier molecular flexibility index (Phi) is 6.35. The van der Waals surface area contributed by atoms with E-state index in [0.717, 1.165) is 19.6 Å². The third-order valence-corrected chi connectivity index (χ3v) is 2.85. The fourth-order valence-corrected chi connectivity index (χ4v) is 1.56. The van der Waals surface area contributed by atoms with Crippen LogP contribution in [0.15, 0.2) is 0 Å². The van der Waals surface area contributed by atoms with Crippen molar-refractivity contribution in [3.8, 4) is 0 Å². The summed E-state index contributed by atoms with van der Waals surface area (Å²) in [7, 11) is 0. The molecule has 2 nitrogen and oxygen atoms in total. The zero-order chi connectivity index (χ0) is 10.4. The molecule has 0 aromatic carbocycles. The van der Waals surface area contributed by atoms with E-state index >= 15 is 0 Å². The van der Waals surface area contributed by atoms with Gasteiger partial charge in [-0.1, -0.05) is 20.8 Å². The lowest BCUT2D eigenvalue weighted by molar-refractivity contribution is 0.176.